The number of benzene rings is 1. The van der Waals surface area contributed by atoms with Gasteiger partial charge in [0.15, 0.2) is 0 Å². The monoisotopic (exact) mass is 239 g/mol. The molecule has 0 heterocycles. The molecule has 90 valence electrons. The number of thioether (sulfide) groups is 1. The van der Waals surface area contributed by atoms with Gasteiger partial charge in [0, 0.05) is 6.04 Å². The maximum absolute atomic E-state index is 5.64. The Hall–Kier alpha value is -0.670. The zero-order valence-corrected chi connectivity index (χ0v) is 11.1. The topological polar surface area (TPSA) is 21.3 Å². The van der Waals surface area contributed by atoms with Crippen LogP contribution < -0.4 is 10.1 Å². The average molecular weight is 239 g/mol. The van der Waals surface area contributed by atoms with Gasteiger partial charge in [-0.15, -0.1) is 0 Å². The van der Waals surface area contributed by atoms with Crippen LogP contribution in [0.1, 0.15) is 24.9 Å². The van der Waals surface area contributed by atoms with Crippen LogP contribution in [0.25, 0.3) is 0 Å². The molecule has 1 rings (SSSR count). The van der Waals surface area contributed by atoms with Gasteiger partial charge in [0.25, 0.3) is 0 Å². The lowest BCUT2D eigenvalue weighted by Crippen LogP contribution is -2.11. The number of hydrogen-bond donors (Lipinski definition) is 1. The standard InChI is InChI=1S/C13H21NOS/c1-11(14-2)12-5-7-13(8-6-12)15-9-4-10-16-3/h5-8,11,14H,4,9-10H2,1-3H3. The van der Waals surface area contributed by atoms with Crippen LogP contribution in [0.4, 0.5) is 0 Å². The minimum Gasteiger partial charge on any atom is -0.494 e. The Bertz CT molecular complexity index is 286. The fourth-order valence-corrected chi connectivity index (χ4v) is 1.82. The highest BCUT2D eigenvalue weighted by atomic mass is 32.2. The van der Waals surface area contributed by atoms with Crippen LogP contribution >= 0.6 is 11.8 Å². The van der Waals surface area contributed by atoms with E-state index in [-0.39, 0.29) is 0 Å². The third kappa shape index (κ3) is 4.45. The van der Waals surface area contributed by atoms with E-state index in [1.165, 1.54) is 5.56 Å². The van der Waals surface area contributed by atoms with Crippen molar-refractivity contribution in [2.24, 2.45) is 0 Å². The number of ether oxygens (including phenoxy) is 1. The van der Waals surface area contributed by atoms with Crippen LogP contribution in [0.2, 0.25) is 0 Å². The molecule has 0 saturated carbocycles. The van der Waals surface area contributed by atoms with Crippen LogP contribution in [-0.2, 0) is 0 Å². The SMILES string of the molecule is CNC(C)c1ccc(OCCCSC)cc1. The second-order valence-corrected chi connectivity index (χ2v) is 4.76. The van der Waals surface area contributed by atoms with Gasteiger partial charge in [0.2, 0.25) is 0 Å². The van der Waals surface area contributed by atoms with E-state index in [1.54, 1.807) is 0 Å². The summed E-state index contributed by atoms with van der Waals surface area (Å²) in [5.74, 6) is 2.13. The van der Waals surface area contributed by atoms with Crippen LogP contribution in [0.3, 0.4) is 0 Å². The first-order valence-electron chi connectivity index (χ1n) is 5.67. The minimum atomic E-state index is 0.394. The first kappa shape index (κ1) is 13.4. The Kier molecular flexibility index (Phi) is 6.34. The molecule has 1 N–H and O–H groups in total. The van der Waals surface area contributed by atoms with E-state index >= 15 is 0 Å². The van der Waals surface area contributed by atoms with Gasteiger partial charge in [-0.1, -0.05) is 12.1 Å². The van der Waals surface area contributed by atoms with E-state index in [0.717, 1.165) is 24.5 Å². The maximum atomic E-state index is 5.64. The lowest BCUT2D eigenvalue weighted by molar-refractivity contribution is 0.318. The number of rotatable bonds is 7. The molecule has 1 unspecified atom stereocenters. The summed E-state index contributed by atoms with van der Waals surface area (Å²) >= 11 is 1.86. The fourth-order valence-electron chi connectivity index (χ4n) is 1.41. The summed E-state index contributed by atoms with van der Waals surface area (Å²) in [5, 5.41) is 3.22. The van der Waals surface area contributed by atoms with Crippen molar-refractivity contribution in [2.75, 3.05) is 25.7 Å². The highest BCUT2D eigenvalue weighted by Crippen LogP contribution is 2.17. The molecular formula is C13H21NOS. The van der Waals surface area contributed by atoms with Crippen LogP contribution in [0.5, 0.6) is 5.75 Å². The summed E-state index contributed by atoms with van der Waals surface area (Å²) in [7, 11) is 1.97. The molecule has 0 aromatic heterocycles. The molecule has 0 aliphatic carbocycles. The summed E-state index contributed by atoms with van der Waals surface area (Å²) in [6, 6.07) is 8.71. The van der Waals surface area contributed by atoms with Gasteiger partial charge in [0.05, 0.1) is 6.61 Å². The molecule has 3 heteroatoms. The zero-order valence-electron chi connectivity index (χ0n) is 10.3. The first-order valence-corrected chi connectivity index (χ1v) is 7.06. The van der Waals surface area contributed by atoms with Gasteiger partial charge in [-0.2, -0.15) is 11.8 Å². The largest absolute Gasteiger partial charge is 0.494 e. The van der Waals surface area contributed by atoms with Crippen LogP contribution in [0, 0.1) is 0 Å². The Morgan fingerprint density at radius 2 is 2.00 bits per heavy atom. The van der Waals surface area contributed by atoms with Crippen molar-refractivity contribution in [1.82, 2.24) is 5.32 Å². The minimum absolute atomic E-state index is 0.394. The summed E-state index contributed by atoms with van der Waals surface area (Å²) in [5.41, 5.74) is 1.29. The highest BCUT2D eigenvalue weighted by Gasteiger charge is 2.01. The molecular weight excluding hydrogens is 218 g/mol. The molecule has 0 aliphatic rings. The van der Waals surface area contributed by atoms with Crippen molar-refractivity contribution in [1.29, 1.82) is 0 Å². The van der Waals surface area contributed by atoms with Gasteiger partial charge in [-0.05, 0) is 50.1 Å². The molecule has 16 heavy (non-hydrogen) atoms. The smallest absolute Gasteiger partial charge is 0.119 e. The Labute approximate surface area is 103 Å². The molecule has 0 saturated heterocycles. The van der Waals surface area contributed by atoms with Crippen molar-refractivity contribution in [3.8, 4) is 5.75 Å². The van der Waals surface area contributed by atoms with Gasteiger partial charge < -0.3 is 10.1 Å². The predicted molar refractivity (Wildman–Crippen MR) is 72.4 cm³/mol. The Balaban J connectivity index is 2.39. The Morgan fingerprint density at radius 1 is 1.31 bits per heavy atom. The lowest BCUT2D eigenvalue weighted by Gasteiger charge is -2.11. The number of nitrogens with one attached hydrogen (secondary N) is 1. The molecule has 2 nitrogen and oxygen atoms in total. The molecule has 0 aliphatic heterocycles. The molecule has 1 atom stereocenters. The van der Waals surface area contributed by atoms with Gasteiger partial charge >= 0.3 is 0 Å². The molecule has 0 spiro atoms. The summed E-state index contributed by atoms with van der Waals surface area (Å²) < 4.78 is 5.64. The second-order valence-electron chi connectivity index (χ2n) is 3.77. The zero-order chi connectivity index (χ0) is 11.8. The van der Waals surface area contributed by atoms with Crippen molar-refractivity contribution < 1.29 is 4.74 Å². The van der Waals surface area contributed by atoms with Crippen molar-refractivity contribution in [3.63, 3.8) is 0 Å². The fraction of sp³-hybridized carbons (Fsp3) is 0.538. The number of hydrogen-bond acceptors (Lipinski definition) is 3. The van der Waals surface area contributed by atoms with Crippen LogP contribution in [-0.4, -0.2) is 25.7 Å². The Morgan fingerprint density at radius 3 is 2.56 bits per heavy atom. The van der Waals surface area contributed by atoms with Gasteiger partial charge in [-0.25, -0.2) is 0 Å². The average Bonchev–Trinajstić information content (AvgIpc) is 2.34. The molecule has 0 fully saturated rings. The first-order chi connectivity index (χ1) is 7.77. The molecule has 0 amide bonds. The predicted octanol–water partition coefficient (Wildman–Crippen LogP) is 3.10. The highest BCUT2D eigenvalue weighted by molar-refractivity contribution is 7.98. The van der Waals surface area contributed by atoms with Crippen molar-refractivity contribution >= 4 is 11.8 Å². The second kappa shape index (κ2) is 7.58. The van der Waals surface area contributed by atoms with Gasteiger partial charge in [0.1, 0.15) is 5.75 Å². The van der Waals surface area contributed by atoms with E-state index in [9.17, 15) is 0 Å². The quantitative estimate of drug-likeness (QED) is 0.739. The maximum Gasteiger partial charge on any atom is 0.119 e. The van der Waals surface area contributed by atoms with Crippen molar-refractivity contribution in [2.45, 2.75) is 19.4 Å². The van der Waals surface area contributed by atoms with E-state index in [0.29, 0.717) is 6.04 Å². The van der Waals surface area contributed by atoms with Crippen LogP contribution in [0.15, 0.2) is 24.3 Å². The summed E-state index contributed by atoms with van der Waals surface area (Å²) in [4.78, 5) is 0. The molecule has 1 aromatic carbocycles. The normalized spacial score (nSPS) is 12.4. The third-order valence-electron chi connectivity index (χ3n) is 2.57. The van der Waals surface area contributed by atoms with E-state index in [2.05, 4.69) is 30.6 Å². The van der Waals surface area contributed by atoms with Crippen molar-refractivity contribution in [3.05, 3.63) is 29.8 Å². The lowest BCUT2D eigenvalue weighted by atomic mass is 10.1. The van der Waals surface area contributed by atoms with E-state index in [1.807, 2.05) is 30.9 Å². The molecule has 1 aromatic rings. The summed E-state index contributed by atoms with van der Waals surface area (Å²) in [6.07, 6.45) is 3.23. The van der Waals surface area contributed by atoms with E-state index < -0.39 is 0 Å². The van der Waals surface area contributed by atoms with Gasteiger partial charge in [-0.3, -0.25) is 0 Å². The molecule has 0 bridgehead atoms. The molecule has 0 radical (unpaired) electrons. The third-order valence-corrected chi connectivity index (χ3v) is 3.27. The van der Waals surface area contributed by atoms with E-state index in [4.69, 9.17) is 4.74 Å². The summed E-state index contributed by atoms with van der Waals surface area (Å²) in [6.45, 7) is 2.95.